The molecule has 2 heterocycles. The second kappa shape index (κ2) is 5.51. The molecule has 1 unspecified atom stereocenters. The molecule has 0 aliphatic carbocycles. The molecule has 1 aromatic carbocycles. The molecule has 2 aromatic rings. The number of nitrogens with zero attached hydrogens (tertiary/aromatic N) is 1. The molecule has 4 heteroatoms. The van der Waals surface area contributed by atoms with Gasteiger partial charge in [0.2, 0.25) is 6.79 Å². The lowest BCUT2D eigenvalue weighted by Crippen LogP contribution is -2.22. The average molecular weight is 270 g/mol. The van der Waals surface area contributed by atoms with E-state index < -0.39 is 0 Å². The standard InChI is InChI=1S/C16H18N2O2/c1-11(13-5-7-17-8-6-13)18-12(2)14-3-4-15-16(9-14)20-10-19-15/h3-9,11-12,18H,10H2,1-2H3/t11-,12?/m1/s1. The van der Waals surface area contributed by atoms with Gasteiger partial charge in [-0.05, 0) is 49.2 Å². The molecule has 4 nitrogen and oxygen atoms in total. The van der Waals surface area contributed by atoms with E-state index in [2.05, 4.69) is 30.2 Å². The van der Waals surface area contributed by atoms with Crippen molar-refractivity contribution in [1.29, 1.82) is 0 Å². The Kier molecular flexibility index (Phi) is 3.56. The van der Waals surface area contributed by atoms with Gasteiger partial charge in [0.25, 0.3) is 0 Å². The van der Waals surface area contributed by atoms with Crippen LogP contribution in [0.3, 0.4) is 0 Å². The van der Waals surface area contributed by atoms with Crippen LogP contribution < -0.4 is 14.8 Å². The van der Waals surface area contributed by atoms with Gasteiger partial charge >= 0.3 is 0 Å². The average Bonchev–Trinajstić information content (AvgIpc) is 2.95. The first-order valence-electron chi connectivity index (χ1n) is 6.79. The number of hydrogen-bond donors (Lipinski definition) is 1. The Balaban J connectivity index is 1.71. The molecule has 3 rings (SSSR count). The summed E-state index contributed by atoms with van der Waals surface area (Å²) in [6, 6.07) is 10.6. The van der Waals surface area contributed by atoms with Crippen molar-refractivity contribution in [3.63, 3.8) is 0 Å². The highest BCUT2D eigenvalue weighted by Gasteiger charge is 2.17. The largest absolute Gasteiger partial charge is 0.454 e. The van der Waals surface area contributed by atoms with Crippen molar-refractivity contribution < 1.29 is 9.47 Å². The Bertz CT molecular complexity index is 586. The number of rotatable bonds is 4. The molecular weight excluding hydrogens is 252 g/mol. The number of ether oxygens (including phenoxy) is 2. The van der Waals surface area contributed by atoms with Crippen LogP contribution in [0, 0.1) is 0 Å². The minimum Gasteiger partial charge on any atom is -0.454 e. The summed E-state index contributed by atoms with van der Waals surface area (Å²) in [4.78, 5) is 4.05. The van der Waals surface area contributed by atoms with E-state index in [-0.39, 0.29) is 12.1 Å². The van der Waals surface area contributed by atoms with Gasteiger partial charge in [0.05, 0.1) is 0 Å². The molecule has 2 atom stereocenters. The maximum absolute atomic E-state index is 5.42. The highest BCUT2D eigenvalue weighted by atomic mass is 16.7. The lowest BCUT2D eigenvalue weighted by atomic mass is 10.0. The minimum atomic E-state index is 0.229. The number of hydrogen-bond acceptors (Lipinski definition) is 4. The highest BCUT2D eigenvalue weighted by Crippen LogP contribution is 2.34. The molecular formula is C16H18N2O2. The smallest absolute Gasteiger partial charge is 0.231 e. The van der Waals surface area contributed by atoms with E-state index in [0.717, 1.165) is 11.5 Å². The quantitative estimate of drug-likeness (QED) is 0.926. The summed E-state index contributed by atoms with van der Waals surface area (Å²) in [6.45, 7) is 4.61. The van der Waals surface area contributed by atoms with E-state index in [1.807, 2.05) is 36.7 Å². The maximum Gasteiger partial charge on any atom is 0.231 e. The van der Waals surface area contributed by atoms with Crippen LogP contribution in [-0.2, 0) is 0 Å². The number of benzene rings is 1. The number of aromatic nitrogens is 1. The molecule has 0 bridgehead atoms. The summed E-state index contributed by atoms with van der Waals surface area (Å²) in [7, 11) is 0. The summed E-state index contributed by atoms with van der Waals surface area (Å²) in [5.41, 5.74) is 2.42. The predicted molar refractivity (Wildman–Crippen MR) is 76.8 cm³/mol. The molecule has 0 fully saturated rings. The van der Waals surface area contributed by atoms with Crippen LogP contribution in [0.5, 0.6) is 11.5 Å². The molecule has 0 saturated heterocycles. The van der Waals surface area contributed by atoms with E-state index in [1.54, 1.807) is 0 Å². The van der Waals surface area contributed by atoms with Crippen LogP contribution in [0.2, 0.25) is 0 Å². The summed E-state index contributed by atoms with van der Waals surface area (Å²) in [5.74, 6) is 1.65. The third kappa shape index (κ3) is 2.60. The van der Waals surface area contributed by atoms with Crippen molar-refractivity contribution in [3.8, 4) is 11.5 Å². The first kappa shape index (κ1) is 12.9. The lowest BCUT2D eigenvalue weighted by Gasteiger charge is -2.20. The Morgan fingerprint density at radius 2 is 1.65 bits per heavy atom. The van der Waals surface area contributed by atoms with E-state index in [9.17, 15) is 0 Å². The third-order valence-electron chi connectivity index (χ3n) is 3.60. The number of fused-ring (bicyclic) bond motifs is 1. The lowest BCUT2D eigenvalue weighted by molar-refractivity contribution is 0.174. The minimum absolute atomic E-state index is 0.229. The van der Waals surface area contributed by atoms with Crippen LogP contribution in [0.1, 0.15) is 37.1 Å². The predicted octanol–water partition coefficient (Wildman–Crippen LogP) is 3.22. The zero-order valence-electron chi connectivity index (χ0n) is 11.7. The fraction of sp³-hybridized carbons (Fsp3) is 0.312. The van der Waals surface area contributed by atoms with Gasteiger partial charge in [0.1, 0.15) is 0 Å². The van der Waals surface area contributed by atoms with Gasteiger partial charge in [0, 0.05) is 24.5 Å². The second-order valence-electron chi connectivity index (χ2n) is 5.00. The molecule has 104 valence electrons. The summed E-state index contributed by atoms with van der Waals surface area (Å²) in [6.07, 6.45) is 3.64. The van der Waals surface area contributed by atoms with Gasteiger partial charge in [-0.3, -0.25) is 4.98 Å². The first-order valence-corrected chi connectivity index (χ1v) is 6.79. The van der Waals surface area contributed by atoms with Crippen LogP contribution in [-0.4, -0.2) is 11.8 Å². The van der Waals surface area contributed by atoms with E-state index in [4.69, 9.17) is 9.47 Å². The molecule has 1 aliphatic heterocycles. The second-order valence-corrected chi connectivity index (χ2v) is 5.00. The van der Waals surface area contributed by atoms with Crippen LogP contribution in [0.25, 0.3) is 0 Å². The van der Waals surface area contributed by atoms with Crippen LogP contribution in [0.4, 0.5) is 0 Å². The van der Waals surface area contributed by atoms with Crippen molar-refractivity contribution in [1.82, 2.24) is 10.3 Å². The fourth-order valence-electron chi connectivity index (χ4n) is 2.40. The van der Waals surface area contributed by atoms with Gasteiger partial charge in [-0.15, -0.1) is 0 Å². The summed E-state index contributed by atoms with van der Waals surface area (Å²) < 4.78 is 10.8. The molecule has 0 saturated carbocycles. The monoisotopic (exact) mass is 270 g/mol. The summed E-state index contributed by atoms with van der Waals surface area (Å²) >= 11 is 0. The fourth-order valence-corrected chi connectivity index (χ4v) is 2.40. The van der Waals surface area contributed by atoms with Gasteiger partial charge in [-0.2, -0.15) is 0 Å². The van der Waals surface area contributed by atoms with Gasteiger partial charge in [0.15, 0.2) is 11.5 Å². The van der Waals surface area contributed by atoms with E-state index >= 15 is 0 Å². The summed E-state index contributed by atoms with van der Waals surface area (Å²) in [5, 5.41) is 3.58. The van der Waals surface area contributed by atoms with Gasteiger partial charge in [-0.1, -0.05) is 6.07 Å². The molecule has 0 radical (unpaired) electrons. The third-order valence-corrected chi connectivity index (χ3v) is 3.60. The van der Waals surface area contributed by atoms with E-state index in [1.165, 1.54) is 11.1 Å². The van der Waals surface area contributed by atoms with E-state index in [0.29, 0.717) is 6.79 Å². The normalized spacial score (nSPS) is 15.9. The SMILES string of the molecule is CC(N[C@H](C)c1ccncc1)c1ccc2c(c1)OCO2. The van der Waals surface area contributed by atoms with Crippen molar-refractivity contribution in [3.05, 3.63) is 53.9 Å². The first-order chi connectivity index (χ1) is 9.74. The molecule has 1 aliphatic rings. The van der Waals surface area contributed by atoms with Gasteiger partial charge in [-0.25, -0.2) is 0 Å². The van der Waals surface area contributed by atoms with Crippen molar-refractivity contribution in [2.45, 2.75) is 25.9 Å². The molecule has 0 spiro atoms. The number of pyridine rings is 1. The maximum atomic E-state index is 5.42. The topological polar surface area (TPSA) is 43.4 Å². The molecule has 1 N–H and O–H groups in total. The zero-order valence-corrected chi connectivity index (χ0v) is 11.7. The van der Waals surface area contributed by atoms with Crippen molar-refractivity contribution >= 4 is 0 Å². The molecule has 0 amide bonds. The molecule has 1 aromatic heterocycles. The highest BCUT2D eigenvalue weighted by molar-refractivity contribution is 5.45. The number of nitrogens with one attached hydrogen (secondary N) is 1. The Morgan fingerprint density at radius 3 is 2.45 bits per heavy atom. The zero-order chi connectivity index (χ0) is 13.9. The Morgan fingerprint density at radius 1 is 0.950 bits per heavy atom. The van der Waals surface area contributed by atoms with Crippen LogP contribution in [0.15, 0.2) is 42.7 Å². The Labute approximate surface area is 118 Å². The van der Waals surface area contributed by atoms with Gasteiger partial charge < -0.3 is 14.8 Å². The van der Waals surface area contributed by atoms with Crippen molar-refractivity contribution in [2.75, 3.05) is 6.79 Å². The van der Waals surface area contributed by atoms with Crippen molar-refractivity contribution in [2.24, 2.45) is 0 Å². The van der Waals surface area contributed by atoms with Crippen LogP contribution >= 0.6 is 0 Å². The Hall–Kier alpha value is -2.07. The molecule has 20 heavy (non-hydrogen) atoms.